The topological polar surface area (TPSA) is 47.3 Å². The number of halogens is 1. The molecular formula is C18H19ClN2O2. The molecule has 2 aromatic carbocycles. The number of hydrogen-bond donors (Lipinski definition) is 1. The van der Waals surface area contributed by atoms with Gasteiger partial charge in [-0.25, -0.2) is 4.98 Å². The smallest absolute Gasteiger partial charge is 0.135 e. The molecule has 3 aromatic rings. The van der Waals surface area contributed by atoms with Crippen LogP contribution in [0.3, 0.4) is 0 Å². The minimum atomic E-state index is -0.0457. The third-order valence-corrected chi connectivity index (χ3v) is 3.99. The number of para-hydroxylation sites is 2. The lowest BCUT2D eigenvalue weighted by atomic mass is 10.3. The van der Waals surface area contributed by atoms with E-state index in [1.165, 1.54) is 0 Å². The molecule has 1 aromatic heterocycles. The van der Waals surface area contributed by atoms with Crippen LogP contribution in [0.2, 0.25) is 5.02 Å². The normalized spacial score (nSPS) is 11.0. The quantitative estimate of drug-likeness (QED) is 0.665. The second-order valence-corrected chi connectivity index (χ2v) is 5.77. The molecular weight excluding hydrogens is 312 g/mol. The Morgan fingerprint density at radius 1 is 1.04 bits per heavy atom. The molecule has 0 unspecified atom stereocenters. The van der Waals surface area contributed by atoms with Gasteiger partial charge in [0.2, 0.25) is 0 Å². The van der Waals surface area contributed by atoms with Crippen molar-refractivity contribution in [3.8, 4) is 5.75 Å². The van der Waals surface area contributed by atoms with Gasteiger partial charge in [0.05, 0.1) is 17.6 Å². The van der Waals surface area contributed by atoms with Crippen LogP contribution < -0.4 is 4.74 Å². The molecule has 5 heteroatoms. The molecule has 0 atom stereocenters. The lowest BCUT2D eigenvalue weighted by molar-refractivity contribution is 0.263. The van der Waals surface area contributed by atoms with Crippen molar-refractivity contribution in [2.45, 2.75) is 26.0 Å². The van der Waals surface area contributed by atoms with Gasteiger partial charge in [-0.05, 0) is 49.2 Å². The van der Waals surface area contributed by atoms with E-state index in [1.807, 2.05) is 48.5 Å². The van der Waals surface area contributed by atoms with Crippen molar-refractivity contribution in [2.24, 2.45) is 0 Å². The molecule has 0 bridgehead atoms. The summed E-state index contributed by atoms with van der Waals surface area (Å²) in [4.78, 5) is 4.46. The van der Waals surface area contributed by atoms with Gasteiger partial charge < -0.3 is 14.4 Å². The summed E-state index contributed by atoms with van der Waals surface area (Å²) in [5.41, 5.74) is 1.99. The summed E-state index contributed by atoms with van der Waals surface area (Å²) >= 11 is 5.84. The molecule has 0 radical (unpaired) electrons. The number of aliphatic hydroxyl groups excluding tert-OH is 1. The van der Waals surface area contributed by atoms with Crippen molar-refractivity contribution >= 4 is 22.6 Å². The fourth-order valence-corrected chi connectivity index (χ4v) is 2.71. The Morgan fingerprint density at radius 2 is 1.83 bits per heavy atom. The molecule has 0 aliphatic rings. The van der Waals surface area contributed by atoms with Crippen LogP contribution in [0.5, 0.6) is 5.75 Å². The summed E-state index contributed by atoms with van der Waals surface area (Å²) in [5, 5.41) is 10.2. The van der Waals surface area contributed by atoms with Crippen molar-refractivity contribution in [1.82, 2.24) is 9.55 Å². The number of imidazole rings is 1. The van der Waals surface area contributed by atoms with Crippen LogP contribution in [0, 0.1) is 0 Å². The van der Waals surface area contributed by atoms with E-state index >= 15 is 0 Å². The number of nitrogens with zero attached hydrogens (tertiary/aromatic N) is 2. The SMILES string of the molecule is OCc1nc2ccccc2n1CCCCOc1ccc(Cl)cc1. The fourth-order valence-electron chi connectivity index (χ4n) is 2.59. The summed E-state index contributed by atoms with van der Waals surface area (Å²) in [6.45, 7) is 1.43. The predicted molar refractivity (Wildman–Crippen MR) is 91.8 cm³/mol. The van der Waals surface area contributed by atoms with Gasteiger partial charge in [0.15, 0.2) is 0 Å². The third kappa shape index (κ3) is 3.84. The van der Waals surface area contributed by atoms with E-state index in [1.54, 1.807) is 0 Å². The highest BCUT2D eigenvalue weighted by Gasteiger charge is 2.08. The van der Waals surface area contributed by atoms with Gasteiger partial charge in [0.1, 0.15) is 18.2 Å². The average Bonchev–Trinajstić information content (AvgIpc) is 2.94. The first kappa shape index (κ1) is 15.8. The lowest BCUT2D eigenvalue weighted by Gasteiger charge is -2.09. The highest BCUT2D eigenvalue weighted by atomic mass is 35.5. The number of aliphatic hydroxyl groups is 1. The maximum absolute atomic E-state index is 9.47. The highest BCUT2D eigenvalue weighted by molar-refractivity contribution is 6.30. The van der Waals surface area contributed by atoms with Crippen LogP contribution in [0.1, 0.15) is 18.7 Å². The van der Waals surface area contributed by atoms with E-state index in [2.05, 4.69) is 9.55 Å². The molecule has 120 valence electrons. The third-order valence-electron chi connectivity index (χ3n) is 3.73. The minimum Gasteiger partial charge on any atom is -0.494 e. The molecule has 0 saturated heterocycles. The number of fused-ring (bicyclic) bond motifs is 1. The lowest BCUT2D eigenvalue weighted by Crippen LogP contribution is -2.06. The first-order chi connectivity index (χ1) is 11.3. The summed E-state index contributed by atoms with van der Waals surface area (Å²) in [7, 11) is 0. The number of aromatic nitrogens is 2. The van der Waals surface area contributed by atoms with E-state index in [-0.39, 0.29) is 6.61 Å². The number of hydrogen-bond acceptors (Lipinski definition) is 3. The number of unbranched alkanes of at least 4 members (excludes halogenated alkanes) is 1. The van der Waals surface area contributed by atoms with Crippen LogP contribution in [0.25, 0.3) is 11.0 Å². The molecule has 1 heterocycles. The van der Waals surface area contributed by atoms with Crippen LogP contribution >= 0.6 is 11.6 Å². The van der Waals surface area contributed by atoms with Gasteiger partial charge in [-0.15, -0.1) is 0 Å². The first-order valence-electron chi connectivity index (χ1n) is 7.71. The standard InChI is InChI=1S/C18H19ClN2O2/c19-14-7-9-15(10-8-14)23-12-4-3-11-21-17-6-2-1-5-16(17)20-18(21)13-22/h1-2,5-10,22H,3-4,11-13H2. The summed E-state index contributed by atoms with van der Waals surface area (Å²) in [5.74, 6) is 1.54. The van der Waals surface area contributed by atoms with E-state index in [4.69, 9.17) is 16.3 Å². The zero-order valence-corrected chi connectivity index (χ0v) is 13.5. The summed E-state index contributed by atoms with van der Waals surface area (Å²) in [6.07, 6.45) is 1.89. The number of aryl methyl sites for hydroxylation is 1. The van der Waals surface area contributed by atoms with E-state index in [9.17, 15) is 5.11 Å². The second kappa shape index (κ2) is 7.49. The van der Waals surface area contributed by atoms with Crippen molar-refractivity contribution < 1.29 is 9.84 Å². The Balaban J connectivity index is 1.53. The predicted octanol–water partition coefficient (Wildman–Crippen LogP) is 4.04. The highest BCUT2D eigenvalue weighted by Crippen LogP contribution is 2.18. The largest absolute Gasteiger partial charge is 0.494 e. The molecule has 4 nitrogen and oxygen atoms in total. The zero-order chi connectivity index (χ0) is 16.1. The monoisotopic (exact) mass is 330 g/mol. The molecule has 0 spiro atoms. The molecule has 3 rings (SSSR count). The van der Waals surface area contributed by atoms with Gasteiger partial charge in [-0.2, -0.15) is 0 Å². The summed E-state index contributed by atoms with van der Waals surface area (Å²) in [6, 6.07) is 15.3. The van der Waals surface area contributed by atoms with E-state index in [0.717, 1.165) is 36.2 Å². The molecule has 0 fully saturated rings. The Bertz CT molecular complexity index is 768. The molecule has 0 amide bonds. The molecule has 1 N–H and O–H groups in total. The van der Waals surface area contributed by atoms with Crippen molar-refractivity contribution in [2.75, 3.05) is 6.61 Å². The molecule has 0 aliphatic heterocycles. The number of ether oxygens (including phenoxy) is 1. The molecule has 0 aliphatic carbocycles. The van der Waals surface area contributed by atoms with E-state index < -0.39 is 0 Å². The van der Waals surface area contributed by atoms with Crippen molar-refractivity contribution in [1.29, 1.82) is 0 Å². The van der Waals surface area contributed by atoms with Gasteiger partial charge >= 0.3 is 0 Å². The number of rotatable bonds is 7. The van der Waals surface area contributed by atoms with Gasteiger partial charge in [-0.3, -0.25) is 0 Å². The maximum Gasteiger partial charge on any atom is 0.135 e. The minimum absolute atomic E-state index is 0.0457. The van der Waals surface area contributed by atoms with Crippen LogP contribution in [0.15, 0.2) is 48.5 Å². The van der Waals surface area contributed by atoms with Gasteiger partial charge in [0.25, 0.3) is 0 Å². The maximum atomic E-state index is 9.47. The fraction of sp³-hybridized carbons (Fsp3) is 0.278. The van der Waals surface area contributed by atoms with Gasteiger partial charge in [0, 0.05) is 11.6 Å². The van der Waals surface area contributed by atoms with Crippen molar-refractivity contribution in [3.63, 3.8) is 0 Å². The van der Waals surface area contributed by atoms with Crippen LogP contribution in [-0.2, 0) is 13.2 Å². The second-order valence-electron chi connectivity index (χ2n) is 5.34. The zero-order valence-electron chi connectivity index (χ0n) is 12.8. The van der Waals surface area contributed by atoms with Crippen LogP contribution in [-0.4, -0.2) is 21.3 Å². The van der Waals surface area contributed by atoms with Gasteiger partial charge in [-0.1, -0.05) is 23.7 Å². The van der Waals surface area contributed by atoms with E-state index in [0.29, 0.717) is 17.5 Å². The molecule has 0 saturated carbocycles. The average molecular weight is 331 g/mol. The first-order valence-corrected chi connectivity index (χ1v) is 8.09. The Kier molecular flexibility index (Phi) is 5.16. The van der Waals surface area contributed by atoms with Crippen molar-refractivity contribution in [3.05, 3.63) is 59.4 Å². The molecule has 23 heavy (non-hydrogen) atoms. The summed E-state index contributed by atoms with van der Waals surface area (Å²) < 4.78 is 7.77. The number of benzene rings is 2. The Labute approximate surface area is 140 Å². The Morgan fingerprint density at radius 3 is 2.61 bits per heavy atom. The van der Waals surface area contributed by atoms with Crippen LogP contribution in [0.4, 0.5) is 0 Å². The Hall–Kier alpha value is -2.04.